The van der Waals surface area contributed by atoms with Crippen LogP contribution in [0.15, 0.2) is 69.1 Å². The van der Waals surface area contributed by atoms with Crippen LogP contribution in [0.4, 0.5) is 5.69 Å². The first-order valence-electron chi connectivity index (χ1n) is 9.47. The van der Waals surface area contributed by atoms with Gasteiger partial charge in [0.15, 0.2) is 0 Å². The lowest BCUT2D eigenvalue weighted by atomic mass is 10.2. The molecule has 0 spiro atoms. The van der Waals surface area contributed by atoms with E-state index < -0.39 is 0 Å². The summed E-state index contributed by atoms with van der Waals surface area (Å²) in [5.74, 6) is 1.40. The number of benzene rings is 1. The monoisotopic (exact) mass is 407 g/mol. The van der Waals surface area contributed by atoms with Crippen molar-refractivity contribution in [1.29, 1.82) is 0 Å². The third-order valence-electron chi connectivity index (χ3n) is 4.65. The molecule has 148 valence electrons. The SMILES string of the molecule is Cc1ccc(CNC(=O)CCCN2C(=O)c3cccnc3Sc3ccccc32)o1. The number of nitrogens with one attached hydrogen (secondary N) is 1. The molecule has 7 heteroatoms. The van der Waals surface area contributed by atoms with Gasteiger partial charge < -0.3 is 14.6 Å². The first-order chi connectivity index (χ1) is 14.1. The number of anilines is 1. The molecule has 3 aromatic rings. The molecule has 0 aliphatic carbocycles. The number of aromatic nitrogens is 1. The summed E-state index contributed by atoms with van der Waals surface area (Å²) >= 11 is 1.50. The number of para-hydroxylation sites is 1. The number of carbonyl (C=O) groups is 2. The number of amides is 2. The molecule has 0 bridgehead atoms. The van der Waals surface area contributed by atoms with Crippen LogP contribution in [-0.4, -0.2) is 23.3 Å². The topological polar surface area (TPSA) is 75.4 Å². The van der Waals surface area contributed by atoms with Gasteiger partial charge in [0.1, 0.15) is 16.5 Å². The van der Waals surface area contributed by atoms with Crippen molar-refractivity contribution in [3.63, 3.8) is 0 Å². The molecule has 0 unspecified atom stereocenters. The van der Waals surface area contributed by atoms with Crippen LogP contribution in [0.1, 0.15) is 34.7 Å². The Morgan fingerprint density at radius 2 is 2.03 bits per heavy atom. The molecular formula is C22H21N3O3S. The van der Waals surface area contributed by atoms with E-state index in [1.165, 1.54) is 11.8 Å². The smallest absolute Gasteiger partial charge is 0.261 e. The summed E-state index contributed by atoms with van der Waals surface area (Å²) in [6, 6.07) is 15.1. The van der Waals surface area contributed by atoms with Gasteiger partial charge in [-0.3, -0.25) is 9.59 Å². The summed E-state index contributed by atoms with van der Waals surface area (Å²) in [7, 11) is 0. The van der Waals surface area contributed by atoms with E-state index in [2.05, 4.69) is 10.3 Å². The number of aryl methyl sites for hydroxylation is 1. The number of pyridine rings is 1. The minimum atomic E-state index is -0.0861. The third kappa shape index (κ3) is 4.35. The molecule has 2 amide bonds. The van der Waals surface area contributed by atoms with Crippen LogP contribution in [0.3, 0.4) is 0 Å². The highest BCUT2D eigenvalue weighted by Crippen LogP contribution is 2.40. The van der Waals surface area contributed by atoms with Crippen LogP contribution in [0.5, 0.6) is 0 Å². The fourth-order valence-corrected chi connectivity index (χ4v) is 4.25. The molecule has 0 saturated carbocycles. The maximum Gasteiger partial charge on any atom is 0.261 e. The molecule has 6 nitrogen and oxygen atoms in total. The van der Waals surface area contributed by atoms with Gasteiger partial charge >= 0.3 is 0 Å². The minimum Gasteiger partial charge on any atom is -0.465 e. The maximum absolute atomic E-state index is 13.1. The second kappa shape index (κ2) is 8.53. The second-order valence-electron chi connectivity index (χ2n) is 6.78. The summed E-state index contributed by atoms with van der Waals surface area (Å²) in [5, 5.41) is 3.57. The average molecular weight is 407 g/mol. The first-order valence-corrected chi connectivity index (χ1v) is 10.3. The highest BCUT2D eigenvalue weighted by atomic mass is 32.2. The van der Waals surface area contributed by atoms with E-state index in [1.54, 1.807) is 23.2 Å². The molecule has 1 aromatic carbocycles. The zero-order valence-electron chi connectivity index (χ0n) is 16.1. The van der Waals surface area contributed by atoms with Crippen LogP contribution in [0, 0.1) is 6.92 Å². The molecule has 29 heavy (non-hydrogen) atoms. The Labute approximate surface area is 173 Å². The molecule has 0 fully saturated rings. The Bertz CT molecular complexity index is 1050. The zero-order valence-corrected chi connectivity index (χ0v) is 16.9. The van der Waals surface area contributed by atoms with Gasteiger partial charge in [0.25, 0.3) is 5.91 Å². The molecule has 0 saturated heterocycles. The van der Waals surface area contributed by atoms with E-state index in [-0.39, 0.29) is 11.8 Å². The zero-order chi connectivity index (χ0) is 20.2. The van der Waals surface area contributed by atoms with Gasteiger partial charge in [-0.25, -0.2) is 4.98 Å². The Morgan fingerprint density at radius 3 is 2.86 bits per heavy atom. The lowest BCUT2D eigenvalue weighted by Gasteiger charge is -2.22. The van der Waals surface area contributed by atoms with E-state index in [9.17, 15) is 9.59 Å². The first kappa shape index (κ1) is 19.3. The van der Waals surface area contributed by atoms with Crippen LogP contribution in [0.25, 0.3) is 0 Å². The summed E-state index contributed by atoms with van der Waals surface area (Å²) in [6.07, 6.45) is 2.59. The summed E-state index contributed by atoms with van der Waals surface area (Å²) in [5.41, 5.74) is 1.44. The van der Waals surface area contributed by atoms with Crippen LogP contribution < -0.4 is 10.2 Å². The Morgan fingerprint density at radius 1 is 1.17 bits per heavy atom. The minimum absolute atomic E-state index is 0.0638. The number of furan rings is 1. The molecule has 1 aliphatic rings. The average Bonchev–Trinajstić information content (AvgIpc) is 3.10. The van der Waals surface area contributed by atoms with E-state index in [0.29, 0.717) is 36.5 Å². The highest BCUT2D eigenvalue weighted by molar-refractivity contribution is 7.99. The van der Waals surface area contributed by atoms with E-state index in [0.717, 1.165) is 22.1 Å². The molecule has 3 heterocycles. The Kier molecular flexibility index (Phi) is 5.67. The fraction of sp³-hybridized carbons (Fsp3) is 0.227. The van der Waals surface area contributed by atoms with Crippen molar-refractivity contribution in [3.05, 3.63) is 71.8 Å². The lowest BCUT2D eigenvalue weighted by Crippen LogP contribution is -2.33. The van der Waals surface area contributed by atoms with Gasteiger partial charge in [-0.1, -0.05) is 23.9 Å². The number of rotatable bonds is 6. The Balaban J connectivity index is 1.42. The predicted octanol–water partition coefficient (Wildman–Crippen LogP) is 4.19. The quantitative estimate of drug-likeness (QED) is 0.663. The van der Waals surface area contributed by atoms with Crippen molar-refractivity contribution in [2.75, 3.05) is 11.4 Å². The lowest BCUT2D eigenvalue weighted by molar-refractivity contribution is -0.121. The second-order valence-corrected chi connectivity index (χ2v) is 7.81. The van der Waals surface area contributed by atoms with Crippen molar-refractivity contribution in [2.45, 2.75) is 36.2 Å². The molecule has 1 aliphatic heterocycles. The molecular weight excluding hydrogens is 386 g/mol. The summed E-state index contributed by atoms with van der Waals surface area (Å²) < 4.78 is 5.46. The molecule has 0 atom stereocenters. The predicted molar refractivity (Wildman–Crippen MR) is 111 cm³/mol. The molecule has 2 aromatic heterocycles. The van der Waals surface area contributed by atoms with Crippen molar-refractivity contribution < 1.29 is 14.0 Å². The number of hydrogen-bond acceptors (Lipinski definition) is 5. The van der Waals surface area contributed by atoms with E-state index in [1.807, 2.05) is 43.3 Å². The number of hydrogen-bond donors (Lipinski definition) is 1. The van der Waals surface area contributed by atoms with Crippen molar-refractivity contribution >= 4 is 29.3 Å². The van der Waals surface area contributed by atoms with E-state index in [4.69, 9.17) is 4.42 Å². The summed E-state index contributed by atoms with van der Waals surface area (Å²) in [6.45, 7) is 2.69. The van der Waals surface area contributed by atoms with Crippen molar-refractivity contribution in [3.8, 4) is 0 Å². The van der Waals surface area contributed by atoms with Gasteiger partial charge in [0.05, 0.1) is 17.8 Å². The third-order valence-corrected chi connectivity index (χ3v) is 5.73. The Hall–Kier alpha value is -3.06. The highest BCUT2D eigenvalue weighted by Gasteiger charge is 2.27. The van der Waals surface area contributed by atoms with Gasteiger partial charge in [-0.2, -0.15) is 0 Å². The van der Waals surface area contributed by atoms with Gasteiger partial charge in [0.2, 0.25) is 5.91 Å². The summed E-state index contributed by atoms with van der Waals surface area (Å²) in [4.78, 5) is 32.4. The molecule has 1 N–H and O–H groups in total. The van der Waals surface area contributed by atoms with E-state index >= 15 is 0 Å². The van der Waals surface area contributed by atoms with Crippen molar-refractivity contribution in [2.24, 2.45) is 0 Å². The van der Waals surface area contributed by atoms with Crippen LogP contribution in [-0.2, 0) is 11.3 Å². The van der Waals surface area contributed by atoms with Crippen LogP contribution >= 0.6 is 11.8 Å². The fourth-order valence-electron chi connectivity index (χ4n) is 3.23. The van der Waals surface area contributed by atoms with Crippen LogP contribution in [0.2, 0.25) is 0 Å². The number of fused-ring (bicyclic) bond motifs is 2. The van der Waals surface area contributed by atoms with Crippen molar-refractivity contribution in [1.82, 2.24) is 10.3 Å². The largest absolute Gasteiger partial charge is 0.465 e. The molecule has 0 radical (unpaired) electrons. The maximum atomic E-state index is 13.1. The standard InChI is InChI=1S/C22H21N3O3S/c1-15-10-11-16(28-15)14-24-20(26)9-5-13-25-18-7-2-3-8-19(18)29-21-17(22(25)27)6-4-12-23-21/h2-4,6-8,10-12H,5,9,13-14H2,1H3,(H,24,26). The number of carbonyl (C=O) groups excluding carboxylic acids is 2. The molecule has 4 rings (SSSR count). The normalized spacial score (nSPS) is 12.9. The van der Waals surface area contributed by atoms with Gasteiger partial charge in [-0.05, 0) is 49.7 Å². The van der Waals surface area contributed by atoms with Gasteiger partial charge in [-0.15, -0.1) is 0 Å². The van der Waals surface area contributed by atoms with Gasteiger partial charge in [0, 0.05) is 24.1 Å². The number of nitrogens with zero attached hydrogens (tertiary/aromatic N) is 2.